The van der Waals surface area contributed by atoms with Gasteiger partial charge >= 0.3 is 5.97 Å². The van der Waals surface area contributed by atoms with Gasteiger partial charge in [0.25, 0.3) is 0 Å². The van der Waals surface area contributed by atoms with Crippen molar-refractivity contribution in [1.82, 2.24) is 15.0 Å². The Hall–Kier alpha value is -3.92. The van der Waals surface area contributed by atoms with E-state index in [4.69, 9.17) is 15.2 Å². The van der Waals surface area contributed by atoms with Crippen LogP contribution in [0.4, 0.5) is 5.82 Å². The van der Waals surface area contributed by atoms with Crippen LogP contribution in [0.15, 0.2) is 42.9 Å². The molecule has 3 aromatic rings. The molecule has 7 nitrogen and oxygen atoms in total. The van der Waals surface area contributed by atoms with Crippen molar-refractivity contribution in [2.75, 3.05) is 20.0 Å². The number of pyridine rings is 1. The number of hydrogen-bond acceptors (Lipinski definition) is 7. The number of methoxy groups -OCH3 is 2. The number of hydrogen-bond donors (Lipinski definition) is 1. The van der Waals surface area contributed by atoms with Crippen LogP contribution in [0.5, 0.6) is 5.75 Å². The zero-order valence-corrected chi connectivity index (χ0v) is 16.4. The van der Waals surface area contributed by atoms with Gasteiger partial charge in [-0.15, -0.1) is 0 Å². The normalized spacial score (nSPS) is 10.0. The predicted molar refractivity (Wildman–Crippen MR) is 109 cm³/mol. The Bertz CT molecular complexity index is 1100. The molecule has 0 aliphatic carbocycles. The molecule has 29 heavy (non-hydrogen) atoms. The van der Waals surface area contributed by atoms with E-state index in [0.29, 0.717) is 34.8 Å². The van der Waals surface area contributed by atoms with Crippen LogP contribution in [0, 0.1) is 11.8 Å². The van der Waals surface area contributed by atoms with Crippen molar-refractivity contribution in [2.24, 2.45) is 0 Å². The van der Waals surface area contributed by atoms with Crippen LogP contribution in [0.3, 0.4) is 0 Å². The van der Waals surface area contributed by atoms with Crippen molar-refractivity contribution in [3.8, 4) is 28.8 Å². The van der Waals surface area contributed by atoms with Crippen molar-refractivity contribution < 1.29 is 14.3 Å². The molecular formula is C22H20N4O3. The highest BCUT2D eigenvalue weighted by Gasteiger charge is 2.16. The molecule has 2 aromatic heterocycles. The number of nitrogen functional groups attached to an aromatic ring is 1. The Morgan fingerprint density at radius 3 is 2.59 bits per heavy atom. The van der Waals surface area contributed by atoms with Crippen LogP contribution in [0.1, 0.15) is 34.1 Å². The van der Waals surface area contributed by atoms with Crippen molar-refractivity contribution in [3.05, 3.63) is 65.2 Å². The van der Waals surface area contributed by atoms with E-state index in [0.717, 1.165) is 16.8 Å². The monoisotopic (exact) mass is 388 g/mol. The van der Waals surface area contributed by atoms with E-state index >= 15 is 0 Å². The zero-order chi connectivity index (χ0) is 20.8. The van der Waals surface area contributed by atoms with Crippen LogP contribution in [-0.4, -0.2) is 35.1 Å². The molecule has 0 amide bonds. The summed E-state index contributed by atoms with van der Waals surface area (Å²) in [5, 5.41) is 0. The number of carbonyl (C=O) groups is 1. The molecule has 0 unspecified atom stereocenters. The number of esters is 1. The minimum absolute atomic E-state index is 0.337. The maximum absolute atomic E-state index is 11.9. The Labute approximate surface area is 168 Å². The number of nitrogens with two attached hydrogens (primary N) is 1. The maximum atomic E-state index is 11.9. The van der Waals surface area contributed by atoms with Gasteiger partial charge in [0.2, 0.25) is 0 Å². The third-order valence-electron chi connectivity index (χ3n) is 4.26. The van der Waals surface area contributed by atoms with Gasteiger partial charge in [0, 0.05) is 17.3 Å². The molecule has 0 saturated carbocycles. The topological polar surface area (TPSA) is 100 Å². The summed E-state index contributed by atoms with van der Waals surface area (Å²) in [6.07, 6.45) is 3.81. The lowest BCUT2D eigenvalue weighted by Gasteiger charge is -2.11. The van der Waals surface area contributed by atoms with Gasteiger partial charge in [0.1, 0.15) is 23.5 Å². The first-order chi connectivity index (χ1) is 14.1. The fraction of sp³-hybridized carbons (Fsp3) is 0.182. The number of aryl methyl sites for hydroxylation is 1. The second kappa shape index (κ2) is 8.85. The second-order valence-electron chi connectivity index (χ2n) is 6.03. The minimum Gasteiger partial charge on any atom is -0.496 e. The van der Waals surface area contributed by atoms with Crippen LogP contribution < -0.4 is 10.5 Å². The van der Waals surface area contributed by atoms with E-state index in [1.807, 2.05) is 6.92 Å². The van der Waals surface area contributed by atoms with Crippen LogP contribution in [-0.2, 0) is 11.2 Å². The standard InChI is InChI=1S/C22H20N4O3/c1-4-18-16(8-5-14-6-10-20(23)24-12-14)21(26-13-25-18)15-7-9-17(22(27)29-3)19(11-15)28-2/h6-7,9-13H,4H2,1-3H3,(H2,23,24). The summed E-state index contributed by atoms with van der Waals surface area (Å²) in [4.78, 5) is 24.8. The number of aromatic nitrogens is 3. The van der Waals surface area contributed by atoms with Crippen molar-refractivity contribution in [3.63, 3.8) is 0 Å². The van der Waals surface area contributed by atoms with E-state index in [2.05, 4.69) is 26.8 Å². The molecule has 2 heterocycles. The van der Waals surface area contributed by atoms with E-state index in [1.54, 1.807) is 36.5 Å². The molecule has 7 heteroatoms. The molecular weight excluding hydrogens is 368 g/mol. The van der Waals surface area contributed by atoms with E-state index in [9.17, 15) is 4.79 Å². The smallest absolute Gasteiger partial charge is 0.341 e. The fourth-order valence-corrected chi connectivity index (χ4v) is 2.77. The van der Waals surface area contributed by atoms with Crippen LogP contribution in [0.25, 0.3) is 11.3 Å². The summed E-state index contributed by atoms with van der Waals surface area (Å²) in [7, 11) is 2.82. The highest BCUT2D eigenvalue weighted by molar-refractivity contribution is 5.93. The minimum atomic E-state index is -0.471. The number of ether oxygens (including phenoxy) is 2. The molecule has 0 radical (unpaired) electrons. The number of carbonyl (C=O) groups excluding carboxylic acids is 1. The summed E-state index contributed by atoms with van der Waals surface area (Å²) >= 11 is 0. The van der Waals surface area contributed by atoms with Gasteiger partial charge in [0.05, 0.1) is 31.2 Å². The highest BCUT2D eigenvalue weighted by atomic mass is 16.5. The molecule has 1 aromatic carbocycles. The van der Waals surface area contributed by atoms with Gasteiger partial charge in [-0.25, -0.2) is 19.7 Å². The molecule has 0 spiro atoms. The third kappa shape index (κ3) is 4.33. The van der Waals surface area contributed by atoms with Gasteiger partial charge in [-0.2, -0.15) is 0 Å². The first-order valence-corrected chi connectivity index (χ1v) is 8.91. The Morgan fingerprint density at radius 1 is 1.10 bits per heavy atom. The van der Waals surface area contributed by atoms with E-state index < -0.39 is 5.97 Å². The molecule has 2 N–H and O–H groups in total. The summed E-state index contributed by atoms with van der Waals surface area (Å²) in [6.45, 7) is 2.00. The Morgan fingerprint density at radius 2 is 1.93 bits per heavy atom. The number of anilines is 1. The predicted octanol–water partition coefficient (Wildman–Crippen LogP) is 2.88. The molecule has 0 bridgehead atoms. The van der Waals surface area contributed by atoms with Crippen molar-refractivity contribution in [2.45, 2.75) is 13.3 Å². The lowest BCUT2D eigenvalue weighted by Crippen LogP contribution is -2.05. The first kappa shape index (κ1) is 19.8. The number of rotatable bonds is 4. The van der Waals surface area contributed by atoms with Crippen LogP contribution in [0.2, 0.25) is 0 Å². The largest absolute Gasteiger partial charge is 0.496 e. The van der Waals surface area contributed by atoms with Gasteiger partial charge in [0.15, 0.2) is 0 Å². The average Bonchev–Trinajstić information content (AvgIpc) is 2.77. The van der Waals surface area contributed by atoms with Gasteiger partial charge in [-0.1, -0.05) is 24.8 Å². The summed E-state index contributed by atoms with van der Waals surface area (Å²) in [6, 6.07) is 8.67. The molecule has 3 rings (SSSR count). The summed E-state index contributed by atoms with van der Waals surface area (Å²) in [5.41, 5.74) is 9.63. The Kier molecular flexibility index (Phi) is 6.05. The number of nitrogens with zero attached hydrogens (tertiary/aromatic N) is 3. The molecule has 0 aliphatic rings. The molecule has 0 atom stereocenters. The van der Waals surface area contributed by atoms with Gasteiger partial charge in [-0.05, 0) is 30.7 Å². The van der Waals surface area contributed by atoms with Crippen LogP contribution >= 0.6 is 0 Å². The number of benzene rings is 1. The lowest BCUT2D eigenvalue weighted by molar-refractivity contribution is 0.0597. The zero-order valence-electron chi connectivity index (χ0n) is 16.4. The molecule has 0 fully saturated rings. The van der Waals surface area contributed by atoms with Gasteiger partial charge < -0.3 is 15.2 Å². The van der Waals surface area contributed by atoms with Gasteiger partial charge in [-0.3, -0.25) is 0 Å². The second-order valence-corrected chi connectivity index (χ2v) is 6.03. The molecule has 0 saturated heterocycles. The molecule has 146 valence electrons. The Balaban J connectivity index is 2.11. The van der Waals surface area contributed by atoms with Crippen molar-refractivity contribution >= 4 is 11.8 Å². The SMILES string of the molecule is CCc1ncnc(-c2ccc(C(=O)OC)c(OC)c2)c1C#Cc1ccc(N)nc1. The fourth-order valence-electron chi connectivity index (χ4n) is 2.77. The van der Waals surface area contributed by atoms with Crippen molar-refractivity contribution in [1.29, 1.82) is 0 Å². The average molecular weight is 388 g/mol. The summed E-state index contributed by atoms with van der Waals surface area (Å²) < 4.78 is 10.2. The van der Waals surface area contributed by atoms with E-state index in [1.165, 1.54) is 20.5 Å². The first-order valence-electron chi connectivity index (χ1n) is 8.91. The summed E-state index contributed by atoms with van der Waals surface area (Å²) in [5.74, 6) is 6.61. The van der Waals surface area contributed by atoms with E-state index in [-0.39, 0.29) is 0 Å². The molecule has 0 aliphatic heterocycles. The lowest BCUT2D eigenvalue weighted by atomic mass is 10.0. The highest BCUT2D eigenvalue weighted by Crippen LogP contribution is 2.29. The quantitative estimate of drug-likeness (QED) is 0.542. The maximum Gasteiger partial charge on any atom is 0.341 e. The third-order valence-corrected chi connectivity index (χ3v) is 4.26.